The minimum atomic E-state index is 0.0124. The van der Waals surface area contributed by atoms with Crippen molar-refractivity contribution in [3.63, 3.8) is 0 Å². The average molecular weight is 487 g/mol. The van der Waals surface area contributed by atoms with Gasteiger partial charge in [0.1, 0.15) is 0 Å². The second kappa shape index (κ2) is 8.73. The molecule has 0 aromatic heterocycles. The zero-order valence-corrected chi connectivity index (χ0v) is 24.5. The fourth-order valence-electron chi connectivity index (χ4n) is 6.14. The van der Waals surface area contributed by atoms with Crippen LogP contribution in [0.2, 0.25) is 0 Å². The smallest absolute Gasteiger partial charge is 0.00817 e. The van der Waals surface area contributed by atoms with Crippen molar-refractivity contribution in [1.29, 1.82) is 0 Å². The lowest BCUT2D eigenvalue weighted by Crippen LogP contribution is -2.31. The molecule has 2 aliphatic rings. The van der Waals surface area contributed by atoms with E-state index in [9.17, 15) is 0 Å². The zero-order valence-electron chi connectivity index (χ0n) is 24.5. The number of rotatable bonds is 2. The van der Waals surface area contributed by atoms with Crippen LogP contribution in [0, 0.1) is 13.8 Å². The molecule has 0 radical (unpaired) electrons. The Kier molecular flexibility index (Phi) is 6.02. The molecule has 190 valence electrons. The Hall–Kier alpha value is -3.12. The van der Waals surface area contributed by atoms with Gasteiger partial charge in [0.15, 0.2) is 0 Å². The first-order chi connectivity index (χ1) is 17.3. The van der Waals surface area contributed by atoms with Crippen molar-refractivity contribution in [2.45, 2.75) is 86.5 Å². The monoisotopic (exact) mass is 486 g/mol. The van der Waals surface area contributed by atoms with Crippen LogP contribution in [0.4, 0.5) is 0 Å². The van der Waals surface area contributed by atoms with Crippen molar-refractivity contribution in [1.82, 2.24) is 0 Å². The van der Waals surface area contributed by atoms with Crippen molar-refractivity contribution in [3.8, 4) is 11.1 Å². The molecular formula is C37H42. The van der Waals surface area contributed by atoms with Gasteiger partial charge >= 0.3 is 0 Å². The molecule has 0 saturated carbocycles. The standard InChI is InChI=1S/C37H42/c1-22(2)31-21-32-28-18-17-26(36(5,6)7)19-25(28)20-33(32)34(35(31)37(8,9)10)30-16-12-15-29(30)27-14-11-13-23(3)24(27)4/h11-15,17-21H,16H2,1-10H3. The lowest BCUT2D eigenvalue weighted by molar-refractivity contribution is 0.583. The van der Waals surface area contributed by atoms with Crippen LogP contribution in [0.25, 0.3) is 33.9 Å². The van der Waals surface area contributed by atoms with E-state index in [1.165, 1.54) is 77.2 Å². The fraction of sp³-hybridized carbons (Fsp3) is 0.351. The fourth-order valence-corrected chi connectivity index (χ4v) is 6.14. The van der Waals surface area contributed by atoms with Gasteiger partial charge in [0.05, 0.1) is 0 Å². The van der Waals surface area contributed by atoms with E-state index in [1.807, 2.05) is 0 Å². The van der Waals surface area contributed by atoms with Crippen LogP contribution in [-0.2, 0) is 10.8 Å². The molecule has 0 bridgehead atoms. The van der Waals surface area contributed by atoms with E-state index in [0.29, 0.717) is 0 Å². The summed E-state index contributed by atoms with van der Waals surface area (Å²) in [5.74, 6) is 0. The summed E-state index contributed by atoms with van der Waals surface area (Å²) in [5.41, 5.74) is 16.9. The molecular weight excluding hydrogens is 444 g/mol. The summed E-state index contributed by atoms with van der Waals surface area (Å²) in [4.78, 5) is 0. The van der Waals surface area contributed by atoms with E-state index in [0.717, 1.165) is 6.42 Å². The largest absolute Gasteiger partial charge is 0.0795 e. The van der Waals surface area contributed by atoms with Crippen LogP contribution in [0.3, 0.4) is 0 Å². The van der Waals surface area contributed by atoms with Crippen molar-refractivity contribution < 1.29 is 0 Å². The molecule has 3 aromatic carbocycles. The predicted octanol–water partition coefficient (Wildman–Crippen LogP) is 8.77. The highest BCUT2D eigenvalue weighted by Crippen LogP contribution is 2.41. The maximum Gasteiger partial charge on any atom is -0.00817 e. The van der Waals surface area contributed by atoms with Gasteiger partial charge in [-0.05, 0) is 129 Å². The number of allylic oxidation sites excluding steroid dienone is 4. The first-order valence-electron chi connectivity index (χ1n) is 13.8. The number of hydrogen-bond donors (Lipinski definition) is 0. The number of aryl methyl sites for hydroxylation is 1. The van der Waals surface area contributed by atoms with Crippen LogP contribution >= 0.6 is 0 Å². The van der Waals surface area contributed by atoms with Gasteiger partial charge in [-0.15, -0.1) is 0 Å². The van der Waals surface area contributed by atoms with Gasteiger partial charge in [0.25, 0.3) is 0 Å². The normalized spacial score (nSPS) is 14.6. The van der Waals surface area contributed by atoms with Crippen LogP contribution in [-0.4, -0.2) is 0 Å². The van der Waals surface area contributed by atoms with E-state index >= 15 is 0 Å². The molecule has 0 saturated heterocycles. The summed E-state index contributed by atoms with van der Waals surface area (Å²) in [6.45, 7) is 23.1. The topological polar surface area (TPSA) is 0 Å². The molecule has 5 rings (SSSR count). The Balaban J connectivity index is 1.94. The van der Waals surface area contributed by atoms with Gasteiger partial charge in [0, 0.05) is 0 Å². The van der Waals surface area contributed by atoms with Gasteiger partial charge in [0.2, 0.25) is 0 Å². The van der Waals surface area contributed by atoms with Crippen molar-refractivity contribution in [2.75, 3.05) is 0 Å². The zero-order chi connectivity index (χ0) is 26.9. The molecule has 0 heterocycles. The molecule has 0 fully saturated rings. The highest BCUT2D eigenvalue weighted by molar-refractivity contribution is 6.02. The molecule has 0 spiro atoms. The Morgan fingerprint density at radius 1 is 0.784 bits per heavy atom. The van der Waals surface area contributed by atoms with Crippen molar-refractivity contribution in [2.24, 2.45) is 0 Å². The van der Waals surface area contributed by atoms with Gasteiger partial charge in [-0.1, -0.05) is 95.7 Å². The Labute approximate surface area is 224 Å². The van der Waals surface area contributed by atoms with E-state index in [1.54, 1.807) is 0 Å². The van der Waals surface area contributed by atoms with Gasteiger partial charge < -0.3 is 0 Å². The van der Waals surface area contributed by atoms with E-state index < -0.39 is 0 Å². The molecule has 3 aromatic rings. The van der Waals surface area contributed by atoms with E-state index in [4.69, 9.17) is 0 Å². The molecule has 0 unspecified atom stereocenters. The van der Waals surface area contributed by atoms with Crippen molar-refractivity contribution in [3.05, 3.63) is 104 Å². The minimum Gasteiger partial charge on any atom is -0.0795 e. The third-order valence-corrected chi connectivity index (χ3v) is 8.29. The van der Waals surface area contributed by atoms with Crippen LogP contribution in [0.5, 0.6) is 0 Å². The maximum absolute atomic E-state index is 2.48. The number of fused-ring (bicyclic) bond motifs is 3. The third kappa shape index (κ3) is 4.25. The third-order valence-electron chi connectivity index (χ3n) is 8.29. The Morgan fingerprint density at radius 2 is 1.51 bits per heavy atom. The van der Waals surface area contributed by atoms with Crippen LogP contribution in [0.15, 0.2) is 54.6 Å². The summed E-state index contributed by atoms with van der Waals surface area (Å²) in [7, 11) is 0. The summed E-state index contributed by atoms with van der Waals surface area (Å²) >= 11 is 0. The molecule has 0 amide bonds. The SMILES string of the molecule is CC(C)=c1cc2c(c(C3=C(c4cccc(C)c4C)C=CC3)c1C(C)(C)C)=Cc1cc(C(C)(C)C)ccc1-2. The predicted molar refractivity (Wildman–Crippen MR) is 163 cm³/mol. The molecule has 37 heavy (non-hydrogen) atoms. The van der Waals surface area contributed by atoms with E-state index in [-0.39, 0.29) is 10.8 Å². The summed E-state index contributed by atoms with van der Waals surface area (Å²) in [6.07, 6.45) is 8.18. The molecule has 0 nitrogen and oxygen atoms in total. The lowest BCUT2D eigenvalue weighted by atomic mass is 9.76. The highest BCUT2D eigenvalue weighted by Gasteiger charge is 2.29. The quantitative estimate of drug-likeness (QED) is 0.266. The van der Waals surface area contributed by atoms with Crippen LogP contribution in [0.1, 0.15) is 101 Å². The highest BCUT2D eigenvalue weighted by atomic mass is 14.3. The number of benzene rings is 3. The average Bonchev–Trinajstić information content (AvgIpc) is 3.42. The second-order valence-electron chi connectivity index (χ2n) is 13.3. The molecule has 0 heteroatoms. The van der Waals surface area contributed by atoms with Crippen LogP contribution < -0.4 is 10.4 Å². The Bertz CT molecular complexity index is 1620. The summed E-state index contributed by atoms with van der Waals surface area (Å²) < 4.78 is 0. The first kappa shape index (κ1) is 25.5. The molecule has 0 aliphatic heterocycles. The van der Waals surface area contributed by atoms with Crippen molar-refractivity contribution >= 4 is 22.8 Å². The maximum atomic E-state index is 2.48. The Morgan fingerprint density at radius 3 is 2.16 bits per heavy atom. The lowest BCUT2D eigenvalue weighted by Gasteiger charge is -2.27. The summed E-state index contributed by atoms with van der Waals surface area (Å²) in [6, 6.07) is 16.3. The van der Waals surface area contributed by atoms with Gasteiger partial charge in [-0.2, -0.15) is 0 Å². The molecule has 2 aliphatic carbocycles. The number of hydrogen-bond acceptors (Lipinski definition) is 0. The van der Waals surface area contributed by atoms with E-state index in [2.05, 4.69) is 130 Å². The van der Waals surface area contributed by atoms with Gasteiger partial charge in [-0.3, -0.25) is 0 Å². The summed E-state index contributed by atoms with van der Waals surface area (Å²) in [5, 5.41) is 2.81. The molecule has 0 N–H and O–H groups in total. The molecule has 0 atom stereocenters. The van der Waals surface area contributed by atoms with Gasteiger partial charge in [-0.25, -0.2) is 0 Å². The second-order valence-corrected chi connectivity index (χ2v) is 13.3. The first-order valence-corrected chi connectivity index (χ1v) is 13.8. The minimum absolute atomic E-state index is 0.0124.